The van der Waals surface area contributed by atoms with Crippen molar-refractivity contribution in [3.63, 3.8) is 0 Å². The predicted molar refractivity (Wildman–Crippen MR) is 95.1 cm³/mol. The number of hydrogen-bond donors (Lipinski definition) is 1. The summed E-state index contributed by atoms with van der Waals surface area (Å²) in [6.45, 7) is 2.88. The van der Waals surface area contributed by atoms with E-state index in [2.05, 4.69) is 12.2 Å². The molecule has 8 heteroatoms. The molecule has 1 aromatic rings. The van der Waals surface area contributed by atoms with E-state index >= 15 is 0 Å². The number of nitrogens with zero attached hydrogens (tertiary/aromatic N) is 3. The third kappa shape index (κ3) is 4.70. The van der Waals surface area contributed by atoms with Crippen LogP contribution in [0.5, 0.6) is 0 Å². The molecule has 132 valence electrons. The zero-order chi connectivity index (χ0) is 18.4. The van der Waals surface area contributed by atoms with E-state index in [9.17, 15) is 20.2 Å². The monoisotopic (exact) mass is 362 g/mol. The minimum atomic E-state index is -0.634. The molecule has 1 unspecified atom stereocenters. The van der Waals surface area contributed by atoms with E-state index in [0.29, 0.717) is 6.04 Å². The van der Waals surface area contributed by atoms with Crippen molar-refractivity contribution in [2.24, 2.45) is 0 Å². The fraction of sp³-hybridized carbons (Fsp3) is 0.412. The van der Waals surface area contributed by atoms with Gasteiger partial charge in [-0.1, -0.05) is 18.5 Å². The van der Waals surface area contributed by atoms with Crippen LogP contribution in [0, 0.1) is 21.4 Å². The maximum Gasteiger partial charge on any atom is 0.271 e. The van der Waals surface area contributed by atoms with Gasteiger partial charge in [-0.3, -0.25) is 14.9 Å². The number of non-ortho nitro benzene ring substituents is 1. The maximum atomic E-state index is 12.4. The van der Waals surface area contributed by atoms with Crippen LogP contribution in [0.25, 0.3) is 0 Å². The Bertz CT molecular complexity index is 742. The Hall–Kier alpha value is -2.59. The van der Waals surface area contributed by atoms with Crippen LogP contribution in [-0.4, -0.2) is 28.3 Å². The number of piperidine rings is 1. The van der Waals surface area contributed by atoms with Gasteiger partial charge >= 0.3 is 0 Å². The molecule has 25 heavy (non-hydrogen) atoms. The molecule has 7 nitrogen and oxygen atoms in total. The number of rotatable bonds is 5. The Balaban J connectivity index is 2.20. The maximum absolute atomic E-state index is 12.4. The van der Waals surface area contributed by atoms with E-state index in [0.717, 1.165) is 32.2 Å². The smallest absolute Gasteiger partial charge is 0.271 e. The van der Waals surface area contributed by atoms with E-state index in [1.807, 2.05) is 11.0 Å². The molecule has 1 N–H and O–H groups in total. The molecule has 0 spiro atoms. The number of nitriles is 1. The Morgan fingerprint density at radius 1 is 1.56 bits per heavy atom. The Morgan fingerprint density at radius 3 is 2.96 bits per heavy atom. The molecule has 1 amide bonds. The van der Waals surface area contributed by atoms with Crippen LogP contribution in [0.15, 0.2) is 30.0 Å². The summed E-state index contributed by atoms with van der Waals surface area (Å²) in [5.74, 6) is -0.634. The van der Waals surface area contributed by atoms with Crippen molar-refractivity contribution in [1.82, 2.24) is 4.90 Å². The van der Waals surface area contributed by atoms with Crippen molar-refractivity contribution >= 4 is 28.9 Å². The average molecular weight is 363 g/mol. The second-order valence-electron chi connectivity index (χ2n) is 5.83. The number of nitro benzene ring substituents is 1. The molecule has 0 saturated carbocycles. The molecular weight excluding hydrogens is 344 g/mol. The van der Waals surface area contributed by atoms with E-state index in [4.69, 9.17) is 11.6 Å². The summed E-state index contributed by atoms with van der Waals surface area (Å²) in [5.41, 5.74) is -0.139. The molecule has 1 heterocycles. The van der Waals surface area contributed by atoms with Crippen LogP contribution >= 0.6 is 11.6 Å². The lowest BCUT2D eigenvalue weighted by atomic mass is 10.0. The number of amides is 1. The van der Waals surface area contributed by atoms with Gasteiger partial charge in [0.25, 0.3) is 11.6 Å². The molecule has 1 aliphatic rings. The Morgan fingerprint density at radius 2 is 2.32 bits per heavy atom. The molecule has 1 fully saturated rings. The Labute approximate surface area is 151 Å². The SMILES string of the molecule is CCC1CCCCN1/C=C(/C#N)C(=O)Nc1cc([N+](=O)[O-])ccc1Cl. The quantitative estimate of drug-likeness (QED) is 0.371. The molecular formula is C17H19ClN4O3. The first-order valence-corrected chi connectivity index (χ1v) is 8.47. The van der Waals surface area contributed by atoms with Crippen LogP contribution in [0.1, 0.15) is 32.6 Å². The van der Waals surface area contributed by atoms with E-state index < -0.39 is 10.8 Å². The first-order chi connectivity index (χ1) is 12.0. The van der Waals surface area contributed by atoms with E-state index in [1.54, 1.807) is 6.20 Å². The van der Waals surface area contributed by atoms with Crippen LogP contribution in [0.4, 0.5) is 11.4 Å². The molecule has 1 aliphatic heterocycles. The van der Waals surface area contributed by atoms with Gasteiger partial charge in [-0.05, 0) is 31.7 Å². The van der Waals surface area contributed by atoms with Crippen molar-refractivity contribution in [2.45, 2.75) is 38.6 Å². The summed E-state index contributed by atoms with van der Waals surface area (Å²) in [7, 11) is 0. The number of nitrogens with one attached hydrogen (secondary N) is 1. The highest BCUT2D eigenvalue weighted by molar-refractivity contribution is 6.34. The average Bonchev–Trinajstić information content (AvgIpc) is 2.61. The zero-order valence-electron chi connectivity index (χ0n) is 13.9. The van der Waals surface area contributed by atoms with Crippen LogP contribution in [0.3, 0.4) is 0 Å². The van der Waals surface area contributed by atoms with Crippen LogP contribution < -0.4 is 5.32 Å². The highest BCUT2D eigenvalue weighted by Crippen LogP contribution is 2.27. The van der Waals surface area contributed by atoms with Gasteiger partial charge in [-0.15, -0.1) is 0 Å². The second kappa shape index (κ2) is 8.49. The topological polar surface area (TPSA) is 99.3 Å². The number of likely N-dealkylation sites (tertiary alicyclic amines) is 1. The number of hydrogen-bond acceptors (Lipinski definition) is 5. The largest absolute Gasteiger partial charge is 0.373 e. The lowest BCUT2D eigenvalue weighted by molar-refractivity contribution is -0.384. The van der Waals surface area contributed by atoms with Gasteiger partial charge in [0.15, 0.2) is 0 Å². The number of carbonyl (C=O) groups is 1. The van der Waals surface area contributed by atoms with Gasteiger partial charge in [0, 0.05) is 30.9 Å². The van der Waals surface area contributed by atoms with Gasteiger partial charge in [-0.25, -0.2) is 0 Å². The number of anilines is 1. The summed E-state index contributed by atoms with van der Waals surface area (Å²) in [6, 6.07) is 5.97. The number of carbonyl (C=O) groups excluding carboxylic acids is 1. The number of benzene rings is 1. The molecule has 1 saturated heterocycles. The molecule has 0 bridgehead atoms. The van der Waals surface area contributed by atoms with Crippen molar-refractivity contribution in [1.29, 1.82) is 5.26 Å². The fourth-order valence-electron chi connectivity index (χ4n) is 2.85. The molecule has 2 rings (SSSR count). The van der Waals surface area contributed by atoms with Gasteiger partial charge in [-0.2, -0.15) is 5.26 Å². The third-order valence-corrected chi connectivity index (χ3v) is 4.54. The summed E-state index contributed by atoms with van der Waals surface area (Å²) in [6.07, 6.45) is 5.70. The van der Waals surface area contributed by atoms with Gasteiger partial charge in [0.2, 0.25) is 0 Å². The van der Waals surface area contributed by atoms with Gasteiger partial charge in [0.05, 0.1) is 15.6 Å². The molecule has 0 aliphatic carbocycles. The van der Waals surface area contributed by atoms with E-state index in [-0.39, 0.29) is 22.0 Å². The summed E-state index contributed by atoms with van der Waals surface area (Å²) >= 11 is 5.98. The fourth-order valence-corrected chi connectivity index (χ4v) is 3.01. The highest BCUT2D eigenvalue weighted by atomic mass is 35.5. The van der Waals surface area contributed by atoms with Crippen LogP contribution in [-0.2, 0) is 4.79 Å². The molecule has 1 atom stereocenters. The summed E-state index contributed by atoms with van der Waals surface area (Å²) in [5, 5.41) is 22.8. The predicted octanol–water partition coefficient (Wildman–Crippen LogP) is 3.86. The standard InChI is InChI=1S/C17H19ClN4O3/c1-2-13-5-3-4-8-21(13)11-12(10-19)17(23)20-16-9-14(22(24)25)6-7-15(16)18/h6-7,9,11,13H,2-5,8H2,1H3,(H,20,23)/b12-11-. The second-order valence-corrected chi connectivity index (χ2v) is 6.23. The van der Waals surface area contributed by atoms with Crippen molar-refractivity contribution in [2.75, 3.05) is 11.9 Å². The van der Waals surface area contributed by atoms with Gasteiger partial charge in [0.1, 0.15) is 11.6 Å². The third-order valence-electron chi connectivity index (χ3n) is 4.21. The number of halogens is 1. The van der Waals surface area contributed by atoms with E-state index in [1.165, 1.54) is 18.2 Å². The van der Waals surface area contributed by atoms with Gasteiger partial charge < -0.3 is 10.2 Å². The van der Waals surface area contributed by atoms with Crippen molar-refractivity contribution in [3.05, 3.63) is 45.1 Å². The summed E-state index contributed by atoms with van der Waals surface area (Å²) in [4.78, 5) is 24.7. The number of nitro groups is 1. The zero-order valence-corrected chi connectivity index (χ0v) is 14.6. The summed E-state index contributed by atoms with van der Waals surface area (Å²) < 4.78 is 0. The minimum absolute atomic E-state index is 0.0528. The first kappa shape index (κ1) is 18.7. The molecule has 1 aromatic carbocycles. The first-order valence-electron chi connectivity index (χ1n) is 8.09. The molecule has 0 aromatic heterocycles. The Kier molecular flexibility index (Phi) is 6.37. The highest BCUT2D eigenvalue weighted by Gasteiger charge is 2.21. The lowest BCUT2D eigenvalue weighted by Gasteiger charge is -2.34. The normalized spacial score (nSPS) is 17.7. The molecule has 0 radical (unpaired) electrons. The minimum Gasteiger partial charge on any atom is -0.373 e. The van der Waals surface area contributed by atoms with Crippen molar-refractivity contribution in [3.8, 4) is 6.07 Å². The van der Waals surface area contributed by atoms with Crippen molar-refractivity contribution < 1.29 is 9.72 Å². The lowest BCUT2D eigenvalue weighted by Crippen LogP contribution is -2.35. The van der Waals surface area contributed by atoms with Crippen LogP contribution in [0.2, 0.25) is 5.02 Å².